The molecule has 0 aliphatic rings. The van der Waals surface area contributed by atoms with Crippen molar-refractivity contribution in [1.29, 1.82) is 0 Å². The van der Waals surface area contributed by atoms with Crippen LogP contribution < -0.4 is 5.73 Å². The van der Waals surface area contributed by atoms with E-state index in [1.54, 1.807) is 6.92 Å². The van der Waals surface area contributed by atoms with Crippen LogP contribution in [-0.4, -0.2) is 17.1 Å². The van der Waals surface area contributed by atoms with Gasteiger partial charge in [0.15, 0.2) is 0 Å². The van der Waals surface area contributed by atoms with E-state index in [1.165, 1.54) is 0 Å². The van der Waals surface area contributed by atoms with Gasteiger partial charge in [-0.3, -0.25) is 4.79 Å². The number of ether oxygens (including phenoxy) is 1. The van der Waals surface area contributed by atoms with Crippen LogP contribution in [-0.2, 0) is 9.53 Å². The maximum absolute atomic E-state index is 11.4. The average Bonchev–Trinajstić information content (AvgIpc) is 1.84. The van der Waals surface area contributed by atoms with Gasteiger partial charge in [-0.1, -0.05) is 6.92 Å². The van der Waals surface area contributed by atoms with Crippen molar-refractivity contribution in [2.75, 3.05) is 0 Å². The molecule has 3 heteroatoms. The van der Waals surface area contributed by atoms with Crippen LogP contribution in [0.15, 0.2) is 0 Å². The third-order valence-corrected chi connectivity index (χ3v) is 1.60. The first kappa shape index (κ1) is 11.4. The van der Waals surface area contributed by atoms with E-state index in [1.807, 2.05) is 27.7 Å². The second-order valence-electron chi connectivity index (χ2n) is 4.27. The van der Waals surface area contributed by atoms with E-state index < -0.39 is 11.1 Å². The molecule has 0 amide bonds. The number of nitrogens with two attached hydrogens (primary N) is 1. The van der Waals surface area contributed by atoms with Gasteiger partial charge in [0, 0.05) is 0 Å². The highest BCUT2D eigenvalue weighted by atomic mass is 16.6. The fourth-order valence-electron chi connectivity index (χ4n) is 0.539. The number of hydrogen-bond donors (Lipinski definition) is 1. The van der Waals surface area contributed by atoms with Crippen molar-refractivity contribution in [2.24, 2.45) is 5.73 Å². The van der Waals surface area contributed by atoms with Gasteiger partial charge >= 0.3 is 5.97 Å². The number of carbonyl (C=O) groups is 1. The highest BCUT2D eigenvalue weighted by molar-refractivity contribution is 5.80. The lowest BCUT2D eigenvalue weighted by Gasteiger charge is -2.27. The van der Waals surface area contributed by atoms with Gasteiger partial charge in [-0.25, -0.2) is 0 Å². The maximum Gasteiger partial charge on any atom is 0.326 e. The zero-order valence-electron chi connectivity index (χ0n) is 8.60. The second kappa shape index (κ2) is 3.44. The van der Waals surface area contributed by atoms with E-state index in [9.17, 15) is 4.79 Å². The molecule has 72 valence electrons. The highest BCUT2D eigenvalue weighted by Gasteiger charge is 2.31. The molecule has 2 N–H and O–H groups in total. The number of hydrogen-bond acceptors (Lipinski definition) is 3. The van der Waals surface area contributed by atoms with Crippen molar-refractivity contribution in [3.63, 3.8) is 0 Å². The Hall–Kier alpha value is -0.570. The van der Waals surface area contributed by atoms with E-state index in [0.717, 1.165) is 0 Å². The molecule has 0 rings (SSSR count). The monoisotopic (exact) mass is 173 g/mol. The Balaban J connectivity index is 4.23. The molecular weight excluding hydrogens is 154 g/mol. The Bertz CT molecular complexity index is 168. The summed E-state index contributed by atoms with van der Waals surface area (Å²) in [6.45, 7) is 9.04. The predicted molar refractivity (Wildman–Crippen MR) is 48.7 cm³/mol. The summed E-state index contributed by atoms with van der Waals surface area (Å²) in [5, 5.41) is 0. The summed E-state index contributed by atoms with van der Waals surface area (Å²) in [6.07, 6.45) is 0.585. The number of carbonyl (C=O) groups excluding carboxylic acids is 1. The molecule has 0 aromatic heterocycles. The van der Waals surface area contributed by atoms with Crippen LogP contribution in [0.5, 0.6) is 0 Å². The van der Waals surface area contributed by atoms with Crippen LogP contribution in [0.2, 0.25) is 0 Å². The zero-order valence-corrected chi connectivity index (χ0v) is 8.60. The van der Waals surface area contributed by atoms with Crippen LogP contribution >= 0.6 is 0 Å². The van der Waals surface area contributed by atoms with Crippen molar-refractivity contribution in [2.45, 2.75) is 52.2 Å². The Morgan fingerprint density at radius 2 is 1.75 bits per heavy atom. The molecule has 0 saturated carbocycles. The Kier molecular flexibility index (Phi) is 3.27. The van der Waals surface area contributed by atoms with Gasteiger partial charge in [-0.15, -0.1) is 0 Å². The lowest BCUT2D eigenvalue weighted by atomic mass is 10.0. The first-order valence-electron chi connectivity index (χ1n) is 4.21. The van der Waals surface area contributed by atoms with Crippen molar-refractivity contribution < 1.29 is 9.53 Å². The molecule has 0 aliphatic carbocycles. The van der Waals surface area contributed by atoms with Gasteiger partial charge in [-0.05, 0) is 34.1 Å². The largest absolute Gasteiger partial charge is 0.459 e. The molecule has 1 atom stereocenters. The predicted octanol–water partition coefficient (Wildman–Crippen LogP) is 1.46. The molecule has 12 heavy (non-hydrogen) atoms. The third-order valence-electron chi connectivity index (χ3n) is 1.60. The lowest BCUT2D eigenvalue weighted by Crippen LogP contribution is -2.47. The normalized spacial score (nSPS) is 16.8. The molecule has 3 nitrogen and oxygen atoms in total. The minimum Gasteiger partial charge on any atom is -0.459 e. The number of esters is 1. The van der Waals surface area contributed by atoms with Crippen LogP contribution in [0.3, 0.4) is 0 Å². The summed E-state index contributed by atoms with van der Waals surface area (Å²) < 4.78 is 5.13. The van der Waals surface area contributed by atoms with E-state index >= 15 is 0 Å². The van der Waals surface area contributed by atoms with Crippen LogP contribution in [0.1, 0.15) is 41.0 Å². The van der Waals surface area contributed by atoms with Crippen molar-refractivity contribution >= 4 is 5.97 Å². The van der Waals surface area contributed by atoms with Crippen LogP contribution in [0, 0.1) is 0 Å². The lowest BCUT2D eigenvalue weighted by molar-refractivity contribution is -0.161. The highest BCUT2D eigenvalue weighted by Crippen LogP contribution is 2.14. The van der Waals surface area contributed by atoms with E-state index in [4.69, 9.17) is 10.5 Å². The quantitative estimate of drug-likeness (QED) is 0.643. The first-order chi connectivity index (χ1) is 5.19. The molecule has 0 aromatic carbocycles. The molecule has 0 heterocycles. The summed E-state index contributed by atoms with van der Waals surface area (Å²) in [4.78, 5) is 11.4. The molecule has 0 radical (unpaired) electrons. The molecule has 0 spiro atoms. The smallest absolute Gasteiger partial charge is 0.326 e. The van der Waals surface area contributed by atoms with Gasteiger partial charge in [0.2, 0.25) is 0 Å². The topological polar surface area (TPSA) is 52.3 Å². The molecule has 0 fully saturated rings. The minimum absolute atomic E-state index is 0.336. The second-order valence-corrected chi connectivity index (χ2v) is 4.27. The number of rotatable bonds is 2. The molecule has 0 saturated heterocycles. The fraction of sp³-hybridized carbons (Fsp3) is 0.889. The van der Waals surface area contributed by atoms with Crippen molar-refractivity contribution in [3.05, 3.63) is 0 Å². The molecule has 0 aromatic rings. The maximum atomic E-state index is 11.4. The SMILES string of the molecule is CC[C@@](C)(N)C(=O)OC(C)(C)C. The van der Waals surface area contributed by atoms with E-state index in [2.05, 4.69) is 0 Å². The Labute approximate surface area is 74.3 Å². The third kappa shape index (κ3) is 3.72. The summed E-state index contributed by atoms with van der Waals surface area (Å²) in [7, 11) is 0. The minimum atomic E-state index is -0.854. The van der Waals surface area contributed by atoms with Gasteiger partial charge in [0.05, 0.1) is 0 Å². The molecule has 0 unspecified atom stereocenters. The Morgan fingerprint density at radius 1 is 1.33 bits per heavy atom. The van der Waals surface area contributed by atoms with Gasteiger partial charge in [0.25, 0.3) is 0 Å². The van der Waals surface area contributed by atoms with Gasteiger partial charge < -0.3 is 10.5 Å². The zero-order chi connectivity index (χ0) is 9.99. The first-order valence-corrected chi connectivity index (χ1v) is 4.21. The Morgan fingerprint density at radius 3 is 2.00 bits per heavy atom. The molecule has 0 aliphatic heterocycles. The van der Waals surface area contributed by atoms with Gasteiger partial charge in [-0.2, -0.15) is 0 Å². The van der Waals surface area contributed by atoms with Crippen LogP contribution in [0.25, 0.3) is 0 Å². The summed E-state index contributed by atoms with van der Waals surface area (Å²) >= 11 is 0. The van der Waals surface area contributed by atoms with Crippen LogP contribution in [0.4, 0.5) is 0 Å². The standard InChI is InChI=1S/C9H19NO2/c1-6-9(5,10)7(11)12-8(2,3)4/h6,10H2,1-5H3/t9-/m1/s1. The molecular formula is C9H19NO2. The summed E-state index contributed by atoms with van der Waals surface area (Å²) in [5.41, 5.74) is 4.39. The fourth-order valence-corrected chi connectivity index (χ4v) is 0.539. The van der Waals surface area contributed by atoms with Gasteiger partial charge in [0.1, 0.15) is 11.1 Å². The average molecular weight is 173 g/mol. The summed E-state index contributed by atoms with van der Waals surface area (Å²) in [5.74, 6) is -0.336. The van der Waals surface area contributed by atoms with Crippen molar-refractivity contribution in [1.82, 2.24) is 0 Å². The summed E-state index contributed by atoms with van der Waals surface area (Å²) in [6, 6.07) is 0. The van der Waals surface area contributed by atoms with Crippen molar-refractivity contribution in [3.8, 4) is 0 Å². The van der Waals surface area contributed by atoms with E-state index in [-0.39, 0.29) is 5.97 Å². The van der Waals surface area contributed by atoms with E-state index in [0.29, 0.717) is 6.42 Å². The molecule has 0 bridgehead atoms.